The van der Waals surface area contributed by atoms with Crippen molar-refractivity contribution in [2.45, 2.75) is 38.5 Å². The second-order valence-corrected chi connectivity index (χ2v) is 11.4. The second kappa shape index (κ2) is 11.5. The van der Waals surface area contributed by atoms with Crippen molar-refractivity contribution < 1.29 is 53.3 Å². The summed E-state index contributed by atoms with van der Waals surface area (Å²) in [5, 5.41) is 37.6. The van der Waals surface area contributed by atoms with Crippen LogP contribution in [0.15, 0.2) is 28.7 Å². The molecule has 1 saturated heterocycles. The minimum absolute atomic E-state index is 0.0582. The van der Waals surface area contributed by atoms with Gasteiger partial charge in [0.1, 0.15) is 18.3 Å². The molecule has 0 unspecified atom stereocenters. The molecule has 0 aliphatic carbocycles. The van der Waals surface area contributed by atoms with Crippen LogP contribution in [0.4, 0.5) is 10.8 Å². The van der Waals surface area contributed by atoms with Gasteiger partial charge in [-0.2, -0.15) is 0 Å². The molecule has 2 heterocycles. The predicted octanol–water partition coefficient (Wildman–Crippen LogP) is 0.192. The summed E-state index contributed by atoms with van der Waals surface area (Å²) in [6.45, 7) is 2.75. The lowest BCUT2D eigenvalue weighted by molar-refractivity contribution is -0.161. The number of phenols is 2. The Morgan fingerprint density at radius 3 is 2.50 bits per heavy atom. The summed E-state index contributed by atoms with van der Waals surface area (Å²) in [6, 6.07) is 0.994. The van der Waals surface area contributed by atoms with Gasteiger partial charge in [0.15, 0.2) is 22.3 Å². The topological polar surface area (TPSA) is 263 Å². The Morgan fingerprint density at radius 2 is 1.95 bits per heavy atom. The molecule has 1 fully saturated rings. The Hall–Kier alpha value is -4.25. The third kappa shape index (κ3) is 6.66. The minimum Gasteiger partial charge on any atom is -0.504 e. The number of thiazole rings is 1. The lowest BCUT2D eigenvalue weighted by Crippen LogP contribution is -2.68. The molecular weight excluding hydrogens is 575 g/mol. The first-order valence-electron chi connectivity index (χ1n) is 11.2. The Labute approximate surface area is 229 Å². The number of carboxylic acids is 1. The molecule has 216 valence electrons. The average Bonchev–Trinajstić information content (AvgIpc) is 3.29. The van der Waals surface area contributed by atoms with Crippen LogP contribution in [0.25, 0.3) is 0 Å². The van der Waals surface area contributed by atoms with Gasteiger partial charge in [0.2, 0.25) is 5.60 Å². The number of aliphatic carboxylic acids is 1. The Kier molecular flexibility index (Phi) is 8.69. The largest absolute Gasteiger partial charge is 0.504 e. The number of carbonyl (C=O) groups is 4. The summed E-state index contributed by atoms with van der Waals surface area (Å²) in [7, 11) is -4.86. The number of rotatable bonds is 11. The van der Waals surface area contributed by atoms with E-state index < -0.39 is 72.9 Å². The van der Waals surface area contributed by atoms with Crippen molar-refractivity contribution >= 4 is 59.3 Å². The Balaban J connectivity index is 1.65. The quantitative estimate of drug-likeness (QED) is 0.0454. The monoisotopic (exact) mass is 600 g/mol. The number of hydrogen-bond donors (Lipinski definition) is 7. The van der Waals surface area contributed by atoms with Crippen LogP contribution in [0.5, 0.6) is 11.5 Å². The van der Waals surface area contributed by atoms with Gasteiger partial charge < -0.3 is 41.4 Å². The predicted molar refractivity (Wildman–Crippen MR) is 138 cm³/mol. The molecule has 1 aliphatic rings. The van der Waals surface area contributed by atoms with E-state index in [1.54, 1.807) is 0 Å². The van der Waals surface area contributed by atoms with Crippen molar-refractivity contribution in [2.24, 2.45) is 5.16 Å². The van der Waals surface area contributed by atoms with Gasteiger partial charge in [-0.05, 0) is 32.9 Å². The molecule has 0 bridgehead atoms. The zero-order valence-corrected chi connectivity index (χ0v) is 22.8. The molecule has 0 radical (unpaired) electrons. The van der Waals surface area contributed by atoms with Crippen LogP contribution in [0.1, 0.15) is 26.5 Å². The van der Waals surface area contributed by atoms with E-state index in [2.05, 4.69) is 20.8 Å². The van der Waals surface area contributed by atoms with Crippen molar-refractivity contribution in [3.05, 3.63) is 29.3 Å². The highest BCUT2D eigenvalue weighted by atomic mass is 32.1. The third-order valence-corrected chi connectivity index (χ3v) is 7.65. The van der Waals surface area contributed by atoms with Gasteiger partial charge in [-0.15, -0.1) is 11.3 Å². The highest BCUT2D eigenvalue weighted by Gasteiger charge is 2.54. The van der Waals surface area contributed by atoms with E-state index in [1.807, 2.05) is 0 Å². The van der Waals surface area contributed by atoms with Crippen molar-refractivity contribution in [1.29, 1.82) is 0 Å². The van der Waals surface area contributed by atoms with Gasteiger partial charge in [0, 0.05) is 17.1 Å². The van der Waals surface area contributed by atoms with Crippen LogP contribution in [-0.4, -0.2) is 83.6 Å². The van der Waals surface area contributed by atoms with E-state index in [0.717, 1.165) is 23.5 Å². The molecule has 2 aromatic rings. The summed E-state index contributed by atoms with van der Waals surface area (Å²) in [5.41, 5.74) is 3.27. The first-order valence-corrected chi connectivity index (χ1v) is 13.6. The molecule has 3 amide bonds. The lowest BCUT2D eigenvalue weighted by Gasteiger charge is -2.45. The Morgan fingerprint density at radius 1 is 1.27 bits per heavy atom. The van der Waals surface area contributed by atoms with Gasteiger partial charge in [0.25, 0.3) is 17.7 Å². The molecule has 8 N–H and O–H groups in total. The summed E-state index contributed by atoms with van der Waals surface area (Å²) in [5.74, 6) is -5.24. The van der Waals surface area contributed by atoms with Gasteiger partial charge in [-0.25, -0.2) is 19.0 Å². The Bertz CT molecular complexity index is 1430. The summed E-state index contributed by atoms with van der Waals surface area (Å²) < 4.78 is 17.9. The van der Waals surface area contributed by atoms with Gasteiger partial charge in [-0.1, -0.05) is 5.16 Å². The zero-order chi connectivity index (χ0) is 30.0. The standard InChI is InChI=1S/C21H25N6O11PS/c1-9-15(25-17(31)16(11-8-40-20(22)24-11)26-38-21(2,3)19(33)34)18(32)27(9)39(35,36)37-7-14(30)23-10-4-5-12(28)13(29)6-10/h4-6,8-9,15,28-29H,7H2,1-3H3,(H2,22,24)(H,23,30)(H,25,31)(H,33,34)(H,35,36)/b26-16-/t9-,15-/m0/s1. The van der Waals surface area contributed by atoms with Gasteiger partial charge >= 0.3 is 13.7 Å². The maximum atomic E-state index is 13.0. The van der Waals surface area contributed by atoms with E-state index in [1.165, 1.54) is 32.2 Å². The van der Waals surface area contributed by atoms with E-state index in [9.17, 15) is 44.0 Å². The number of phenolic OH excluding ortho intramolecular Hbond substituents is 2. The number of benzene rings is 1. The first-order chi connectivity index (χ1) is 18.5. The number of nitrogens with two attached hydrogens (primary N) is 1. The molecule has 3 rings (SSSR count). The maximum absolute atomic E-state index is 13.0. The third-order valence-electron chi connectivity index (χ3n) is 5.40. The fourth-order valence-corrected chi connectivity index (χ4v) is 5.08. The lowest BCUT2D eigenvalue weighted by atomic mass is 10.0. The molecule has 1 aliphatic heterocycles. The number of aromatic hydroxyl groups is 2. The average molecular weight is 601 g/mol. The summed E-state index contributed by atoms with van der Waals surface area (Å²) >= 11 is 0.959. The number of β-lactam (4-membered cyclic amide) rings is 1. The van der Waals surface area contributed by atoms with Gasteiger partial charge in [-0.3, -0.25) is 18.9 Å². The fraction of sp³-hybridized carbons (Fsp3) is 0.333. The molecule has 1 aromatic heterocycles. The molecule has 19 heteroatoms. The van der Waals surface area contributed by atoms with E-state index in [-0.39, 0.29) is 16.5 Å². The second-order valence-electron chi connectivity index (χ2n) is 8.81. The summed E-state index contributed by atoms with van der Waals surface area (Å²) in [6.07, 6.45) is 0. The number of nitrogens with one attached hydrogen (secondary N) is 2. The van der Waals surface area contributed by atoms with Crippen LogP contribution >= 0.6 is 19.1 Å². The van der Waals surface area contributed by atoms with Crippen molar-refractivity contribution in [3.63, 3.8) is 0 Å². The number of hydrogen-bond acceptors (Lipinski definition) is 13. The smallest absolute Gasteiger partial charge is 0.435 e. The molecule has 3 atom stereocenters. The zero-order valence-electron chi connectivity index (χ0n) is 21.1. The van der Waals surface area contributed by atoms with Crippen molar-refractivity contribution in [1.82, 2.24) is 15.0 Å². The number of oxime groups is 1. The number of carbonyl (C=O) groups excluding carboxylic acids is 3. The number of aromatic nitrogens is 1. The number of anilines is 2. The number of carboxylic acid groups (broad SMARTS) is 1. The molecular formula is C21H25N6O11PS. The number of nitrogens with zero attached hydrogens (tertiary/aromatic N) is 3. The van der Waals surface area contributed by atoms with Crippen molar-refractivity contribution in [2.75, 3.05) is 17.7 Å². The SMILES string of the molecule is C[C@H]1[C@H](NC(=O)/C(=N\OC(C)(C)C(=O)O)c2csc(N)n2)C(=O)N1[P@@](=O)(O)OCC(=O)Nc1ccc(O)c(O)c1. The number of nitrogen functional groups attached to an aromatic ring is 1. The van der Waals surface area contributed by atoms with E-state index >= 15 is 0 Å². The normalized spacial score (nSPS) is 18.9. The molecule has 0 saturated carbocycles. The van der Waals surface area contributed by atoms with Crippen LogP contribution < -0.4 is 16.4 Å². The van der Waals surface area contributed by atoms with Gasteiger partial charge in [0.05, 0.1) is 6.04 Å². The highest BCUT2D eigenvalue weighted by Crippen LogP contribution is 2.52. The highest BCUT2D eigenvalue weighted by molar-refractivity contribution is 7.51. The van der Waals surface area contributed by atoms with Crippen LogP contribution in [0, 0.1) is 0 Å². The first kappa shape index (κ1) is 30.3. The molecule has 1 aromatic carbocycles. The fourth-order valence-electron chi connectivity index (χ4n) is 3.16. The van der Waals surface area contributed by atoms with E-state index in [4.69, 9.17) is 15.1 Å². The molecule has 0 spiro atoms. The number of amides is 3. The molecule has 40 heavy (non-hydrogen) atoms. The van der Waals surface area contributed by atoms with Crippen molar-refractivity contribution in [3.8, 4) is 11.5 Å². The van der Waals surface area contributed by atoms with Crippen LogP contribution in [0.3, 0.4) is 0 Å². The molecule has 17 nitrogen and oxygen atoms in total. The van der Waals surface area contributed by atoms with Crippen LogP contribution in [-0.2, 0) is 33.1 Å². The van der Waals surface area contributed by atoms with E-state index in [0.29, 0.717) is 4.67 Å². The maximum Gasteiger partial charge on any atom is 0.435 e. The summed E-state index contributed by atoms with van der Waals surface area (Å²) in [4.78, 5) is 68.3. The minimum atomic E-state index is -4.86. The van der Waals surface area contributed by atoms with Crippen LogP contribution in [0.2, 0.25) is 0 Å².